The summed E-state index contributed by atoms with van der Waals surface area (Å²) >= 11 is 0. The molecule has 0 saturated heterocycles. The average Bonchev–Trinajstić information content (AvgIpc) is 3.09. The van der Waals surface area contributed by atoms with E-state index in [9.17, 15) is 19.4 Å². The van der Waals surface area contributed by atoms with Crippen LogP contribution < -0.4 is 10.2 Å². The van der Waals surface area contributed by atoms with E-state index in [0.717, 1.165) is 57.8 Å². The average molecular weight is 759 g/mol. The Kier molecular flexibility index (Phi) is 35.4. The van der Waals surface area contributed by atoms with Crippen LogP contribution in [0.4, 0.5) is 0 Å². The number of aliphatic hydroxyl groups is 1. The van der Waals surface area contributed by atoms with Crippen molar-refractivity contribution in [2.75, 3.05) is 40.9 Å². The highest BCUT2D eigenvalue weighted by Gasteiger charge is 2.24. The maximum Gasteiger partial charge on any atom is 0.268 e. The van der Waals surface area contributed by atoms with Gasteiger partial charge in [0.2, 0.25) is 5.91 Å². The molecule has 2 N–H and O–H groups in total. The molecule has 0 spiro atoms. The van der Waals surface area contributed by atoms with Crippen LogP contribution in [0.2, 0.25) is 0 Å². The number of phosphoric acid groups is 1. The van der Waals surface area contributed by atoms with Gasteiger partial charge in [0, 0.05) is 6.42 Å². The number of carbonyl (C=O) groups excluding carboxylic acids is 1. The molecule has 0 aromatic carbocycles. The summed E-state index contributed by atoms with van der Waals surface area (Å²) in [6, 6.07) is -0.799. The zero-order chi connectivity index (χ0) is 38.6. The van der Waals surface area contributed by atoms with Gasteiger partial charge >= 0.3 is 0 Å². The summed E-state index contributed by atoms with van der Waals surface area (Å²) in [4.78, 5) is 25.2. The van der Waals surface area contributed by atoms with E-state index in [0.29, 0.717) is 23.9 Å². The Morgan fingerprint density at radius 1 is 0.654 bits per heavy atom. The molecule has 3 atom stereocenters. The second-order valence-electron chi connectivity index (χ2n) is 16.4. The van der Waals surface area contributed by atoms with Crippen molar-refractivity contribution in [1.82, 2.24) is 5.32 Å². The second-order valence-corrected chi connectivity index (χ2v) is 17.8. The molecule has 310 valence electrons. The Balaban J connectivity index is 4.26. The Bertz CT molecular complexity index is 865. The van der Waals surface area contributed by atoms with Gasteiger partial charge in [0.05, 0.1) is 39.9 Å². The largest absolute Gasteiger partial charge is 0.756 e. The zero-order valence-electron chi connectivity index (χ0n) is 35.0. The molecule has 0 radical (unpaired) electrons. The number of quaternary nitrogens is 1. The lowest BCUT2D eigenvalue weighted by molar-refractivity contribution is -0.870. The number of hydrogen-bond donors (Lipinski definition) is 2. The van der Waals surface area contributed by atoms with E-state index in [4.69, 9.17) is 9.05 Å². The maximum absolute atomic E-state index is 12.8. The van der Waals surface area contributed by atoms with Crippen LogP contribution >= 0.6 is 7.82 Å². The molecule has 0 aliphatic rings. The van der Waals surface area contributed by atoms with Gasteiger partial charge in [-0.3, -0.25) is 9.36 Å². The lowest BCUT2D eigenvalue weighted by Gasteiger charge is -2.30. The molecule has 52 heavy (non-hydrogen) atoms. The number of amides is 1. The third kappa shape index (κ3) is 37.6. The number of allylic oxidation sites excluding steroid dienone is 2. The Morgan fingerprint density at radius 3 is 1.58 bits per heavy atom. The molecule has 0 saturated carbocycles. The highest BCUT2D eigenvalue weighted by Crippen LogP contribution is 2.38. The third-order valence-corrected chi connectivity index (χ3v) is 10.9. The highest BCUT2D eigenvalue weighted by atomic mass is 31.2. The summed E-state index contributed by atoms with van der Waals surface area (Å²) in [5, 5.41) is 13.9. The topological polar surface area (TPSA) is 108 Å². The number of carbonyl (C=O) groups is 1. The van der Waals surface area contributed by atoms with Gasteiger partial charge in [-0.2, -0.15) is 0 Å². The first-order valence-electron chi connectivity index (χ1n) is 22.0. The molecule has 0 aliphatic heterocycles. The molecule has 0 heterocycles. The Morgan fingerprint density at radius 2 is 1.10 bits per heavy atom. The number of hydrogen-bond acceptors (Lipinski definition) is 6. The van der Waals surface area contributed by atoms with E-state index >= 15 is 0 Å². The van der Waals surface area contributed by atoms with Gasteiger partial charge in [0.25, 0.3) is 7.82 Å². The van der Waals surface area contributed by atoms with Crippen LogP contribution in [0.15, 0.2) is 12.2 Å². The van der Waals surface area contributed by atoms with Crippen molar-refractivity contribution in [2.24, 2.45) is 0 Å². The van der Waals surface area contributed by atoms with E-state index in [2.05, 4.69) is 31.3 Å². The SMILES string of the molecule is CCC/C=C\CCCCCCCC(=O)NC(COP(=O)([O-])OCC[N+](C)(C)C)C(O)CCCCCCCCCCCCCCCCCCCCCC. The Labute approximate surface area is 322 Å². The quantitative estimate of drug-likeness (QED) is 0.0279. The molecule has 0 aromatic heterocycles. The van der Waals surface area contributed by atoms with Crippen LogP contribution in [0, 0.1) is 0 Å². The fourth-order valence-corrected chi connectivity index (χ4v) is 7.18. The van der Waals surface area contributed by atoms with Gasteiger partial charge in [0.1, 0.15) is 13.2 Å². The van der Waals surface area contributed by atoms with E-state index in [1.165, 1.54) is 122 Å². The van der Waals surface area contributed by atoms with E-state index < -0.39 is 20.0 Å². The lowest BCUT2D eigenvalue weighted by atomic mass is 10.0. The normalized spacial score (nSPS) is 14.5. The molecular formula is C43H87N2O6P. The minimum Gasteiger partial charge on any atom is -0.756 e. The van der Waals surface area contributed by atoms with Crippen LogP contribution in [-0.4, -0.2) is 68.5 Å². The number of aliphatic hydroxyl groups excluding tert-OH is 1. The van der Waals surface area contributed by atoms with Gasteiger partial charge in [-0.1, -0.05) is 180 Å². The molecule has 0 fully saturated rings. The van der Waals surface area contributed by atoms with Crippen molar-refractivity contribution in [2.45, 2.75) is 219 Å². The van der Waals surface area contributed by atoms with E-state index in [-0.39, 0.29) is 19.1 Å². The summed E-state index contributed by atoms with van der Waals surface area (Å²) < 4.78 is 23.2. The predicted octanol–water partition coefficient (Wildman–Crippen LogP) is 11.3. The standard InChI is InChI=1S/C43H87N2O6P/c1-6-8-10-12-14-16-18-19-20-21-22-23-24-25-26-27-28-30-32-34-36-42(46)41(40-51-52(48,49)50-39-38-45(3,4)5)44-43(47)37-35-33-31-29-17-15-13-11-9-7-2/h11,13,41-42,46H,6-10,12,14-40H2,1-5H3,(H-,44,47,48,49)/b13-11-. The number of phosphoric ester groups is 1. The Hall–Kier alpha value is -0.760. The molecule has 1 amide bonds. The summed E-state index contributed by atoms with van der Waals surface area (Å²) in [6.07, 6.45) is 39.4. The van der Waals surface area contributed by atoms with Gasteiger partial charge in [-0.25, -0.2) is 0 Å². The van der Waals surface area contributed by atoms with Crippen LogP contribution in [0.1, 0.15) is 206 Å². The fraction of sp³-hybridized carbons (Fsp3) is 0.930. The van der Waals surface area contributed by atoms with Gasteiger partial charge in [-0.05, 0) is 32.1 Å². The highest BCUT2D eigenvalue weighted by molar-refractivity contribution is 7.45. The first-order chi connectivity index (χ1) is 25.0. The minimum absolute atomic E-state index is 0.0122. The van der Waals surface area contributed by atoms with Gasteiger partial charge in [0.15, 0.2) is 0 Å². The van der Waals surface area contributed by atoms with E-state index in [1.807, 2.05) is 21.1 Å². The zero-order valence-corrected chi connectivity index (χ0v) is 35.9. The molecule has 9 heteroatoms. The van der Waals surface area contributed by atoms with Gasteiger partial charge in [-0.15, -0.1) is 0 Å². The van der Waals surface area contributed by atoms with Crippen molar-refractivity contribution in [3.8, 4) is 0 Å². The summed E-state index contributed by atoms with van der Waals surface area (Å²) in [5.41, 5.74) is 0. The minimum atomic E-state index is -4.56. The first kappa shape index (κ1) is 51.2. The monoisotopic (exact) mass is 759 g/mol. The number of unbranched alkanes of at least 4 members (excludes halogenated alkanes) is 25. The predicted molar refractivity (Wildman–Crippen MR) is 219 cm³/mol. The van der Waals surface area contributed by atoms with Crippen molar-refractivity contribution < 1.29 is 32.9 Å². The molecule has 0 rings (SSSR count). The van der Waals surface area contributed by atoms with Crippen molar-refractivity contribution in [3.05, 3.63) is 12.2 Å². The molecule has 0 aromatic rings. The smallest absolute Gasteiger partial charge is 0.268 e. The van der Waals surface area contributed by atoms with Gasteiger partial charge < -0.3 is 28.8 Å². The molecule has 3 unspecified atom stereocenters. The van der Waals surface area contributed by atoms with Crippen LogP contribution in [0.5, 0.6) is 0 Å². The van der Waals surface area contributed by atoms with Crippen LogP contribution in [0.3, 0.4) is 0 Å². The third-order valence-electron chi connectivity index (χ3n) is 9.98. The van der Waals surface area contributed by atoms with Crippen molar-refractivity contribution >= 4 is 13.7 Å². The number of nitrogens with zero attached hydrogens (tertiary/aromatic N) is 1. The summed E-state index contributed by atoms with van der Waals surface area (Å²) in [7, 11) is 1.30. The van der Waals surface area contributed by atoms with Crippen LogP contribution in [-0.2, 0) is 18.4 Å². The summed E-state index contributed by atoms with van der Waals surface area (Å²) in [5.74, 6) is -0.176. The maximum atomic E-state index is 12.8. The summed E-state index contributed by atoms with van der Waals surface area (Å²) in [6.45, 7) is 4.66. The lowest BCUT2D eigenvalue weighted by Crippen LogP contribution is -2.46. The molecule has 0 bridgehead atoms. The number of likely N-dealkylation sites (N-methyl/N-ethyl adjacent to an activating group) is 1. The van der Waals surface area contributed by atoms with Crippen molar-refractivity contribution in [1.29, 1.82) is 0 Å². The second kappa shape index (κ2) is 35.9. The molecular weight excluding hydrogens is 671 g/mol. The molecule has 8 nitrogen and oxygen atoms in total. The number of nitrogens with one attached hydrogen (secondary N) is 1. The number of rotatable bonds is 40. The van der Waals surface area contributed by atoms with Crippen molar-refractivity contribution in [3.63, 3.8) is 0 Å². The fourth-order valence-electron chi connectivity index (χ4n) is 6.45. The van der Waals surface area contributed by atoms with Crippen LogP contribution in [0.25, 0.3) is 0 Å². The first-order valence-corrected chi connectivity index (χ1v) is 23.5. The molecule has 0 aliphatic carbocycles. The van der Waals surface area contributed by atoms with E-state index in [1.54, 1.807) is 0 Å².